The second-order valence-electron chi connectivity index (χ2n) is 3.77. The van der Waals surface area contributed by atoms with Crippen LogP contribution in [0.1, 0.15) is 23.5 Å². The molecule has 0 aliphatic heterocycles. The lowest BCUT2D eigenvalue weighted by Crippen LogP contribution is -2.21. The van der Waals surface area contributed by atoms with Gasteiger partial charge in [-0.25, -0.2) is 9.18 Å². The fourth-order valence-electron chi connectivity index (χ4n) is 2.11. The normalized spacial score (nSPS) is 21.0. The second kappa shape index (κ2) is 3.53. The Balaban J connectivity index is 2.32. The number of phenolic OH excluding ortho intramolecular Hbond substituents is 1. The Morgan fingerprint density at radius 2 is 2.27 bits per heavy atom. The summed E-state index contributed by atoms with van der Waals surface area (Å²) in [6.45, 7) is 0. The number of fused-ring (bicyclic) bond motifs is 1. The van der Waals surface area contributed by atoms with Crippen molar-refractivity contribution in [1.29, 1.82) is 0 Å². The zero-order valence-electron chi connectivity index (χ0n) is 7.98. The van der Waals surface area contributed by atoms with Gasteiger partial charge in [-0.3, -0.25) is 0 Å². The molecule has 0 saturated carbocycles. The molecule has 0 saturated heterocycles. The highest BCUT2D eigenvalue weighted by Crippen LogP contribution is 2.38. The SMILES string of the molecule is O=C(O)C(F)C1CCc2cc(O)ccc21. The molecule has 1 aliphatic rings. The van der Waals surface area contributed by atoms with Gasteiger partial charge < -0.3 is 10.2 Å². The standard InChI is InChI=1S/C11H11FO3/c12-10(11(14)15)9-3-1-6-5-7(13)2-4-8(6)9/h2,4-5,9-10,13H,1,3H2,(H,14,15). The van der Waals surface area contributed by atoms with Gasteiger partial charge in [-0.15, -0.1) is 0 Å². The fraction of sp³-hybridized carbons (Fsp3) is 0.364. The average Bonchev–Trinajstić information content (AvgIpc) is 2.59. The number of alkyl halides is 1. The maximum atomic E-state index is 13.3. The number of carbonyl (C=O) groups is 1. The van der Waals surface area contributed by atoms with Crippen LogP contribution in [-0.2, 0) is 11.2 Å². The summed E-state index contributed by atoms with van der Waals surface area (Å²) in [5, 5.41) is 17.8. The molecule has 1 aromatic rings. The van der Waals surface area contributed by atoms with E-state index in [1.807, 2.05) is 0 Å². The topological polar surface area (TPSA) is 57.5 Å². The van der Waals surface area contributed by atoms with E-state index in [0.717, 1.165) is 5.56 Å². The number of hydrogen-bond acceptors (Lipinski definition) is 2. The monoisotopic (exact) mass is 210 g/mol. The molecule has 0 aromatic heterocycles. The van der Waals surface area contributed by atoms with Crippen molar-refractivity contribution in [2.45, 2.75) is 24.9 Å². The Bertz CT molecular complexity index is 403. The first-order chi connectivity index (χ1) is 7.09. The van der Waals surface area contributed by atoms with Crippen LogP contribution in [0.5, 0.6) is 5.75 Å². The van der Waals surface area contributed by atoms with Crippen molar-refractivity contribution in [1.82, 2.24) is 0 Å². The van der Waals surface area contributed by atoms with Crippen LogP contribution in [0.4, 0.5) is 4.39 Å². The van der Waals surface area contributed by atoms with E-state index in [1.165, 1.54) is 6.07 Å². The van der Waals surface area contributed by atoms with E-state index in [9.17, 15) is 14.3 Å². The van der Waals surface area contributed by atoms with Crippen molar-refractivity contribution >= 4 is 5.97 Å². The molecule has 2 atom stereocenters. The predicted molar refractivity (Wildman–Crippen MR) is 51.7 cm³/mol. The summed E-state index contributed by atoms with van der Waals surface area (Å²) in [5.74, 6) is -1.85. The van der Waals surface area contributed by atoms with Gasteiger partial charge in [-0.1, -0.05) is 6.07 Å². The van der Waals surface area contributed by atoms with Crippen LogP contribution in [-0.4, -0.2) is 22.4 Å². The Morgan fingerprint density at radius 3 is 2.93 bits per heavy atom. The van der Waals surface area contributed by atoms with Gasteiger partial charge in [0.1, 0.15) is 5.75 Å². The lowest BCUT2D eigenvalue weighted by Gasteiger charge is -2.12. The van der Waals surface area contributed by atoms with E-state index in [-0.39, 0.29) is 5.75 Å². The van der Waals surface area contributed by atoms with Gasteiger partial charge in [0.15, 0.2) is 0 Å². The zero-order chi connectivity index (χ0) is 11.0. The van der Waals surface area contributed by atoms with Gasteiger partial charge in [0, 0.05) is 5.92 Å². The minimum absolute atomic E-state index is 0.139. The summed E-state index contributed by atoms with van der Waals surface area (Å²) in [7, 11) is 0. The summed E-state index contributed by atoms with van der Waals surface area (Å²) in [4.78, 5) is 10.5. The minimum atomic E-state index is -1.85. The van der Waals surface area contributed by atoms with E-state index in [2.05, 4.69) is 0 Å². The van der Waals surface area contributed by atoms with Crippen molar-refractivity contribution in [2.75, 3.05) is 0 Å². The van der Waals surface area contributed by atoms with E-state index in [4.69, 9.17) is 5.11 Å². The molecule has 4 heteroatoms. The quantitative estimate of drug-likeness (QED) is 0.783. The number of aryl methyl sites for hydroxylation is 1. The number of carboxylic acid groups (broad SMARTS) is 1. The molecule has 3 nitrogen and oxygen atoms in total. The maximum absolute atomic E-state index is 13.3. The number of benzene rings is 1. The minimum Gasteiger partial charge on any atom is -0.508 e. The zero-order valence-corrected chi connectivity index (χ0v) is 7.98. The molecule has 2 rings (SSSR count). The van der Waals surface area contributed by atoms with Crippen LogP contribution < -0.4 is 0 Å². The lowest BCUT2D eigenvalue weighted by atomic mass is 9.96. The molecule has 2 unspecified atom stereocenters. The molecule has 2 N–H and O–H groups in total. The Kier molecular flexibility index (Phi) is 2.34. The molecule has 0 bridgehead atoms. The highest BCUT2D eigenvalue weighted by molar-refractivity contribution is 5.74. The number of aliphatic carboxylic acids is 1. The van der Waals surface area contributed by atoms with Gasteiger partial charge in [0.25, 0.3) is 0 Å². The largest absolute Gasteiger partial charge is 0.508 e. The van der Waals surface area contributed by atoms with E-state index in [0.29, 0.717) is 18.4 Å². The molecular formula is C11H11FO3. The molecule has 80 valence electrons. The van der Waals surface area contributed by atoms with E-state index >= 15 is 0 Å². The smallest absolute Gasteiger partial charge is 0.338 e. The van der Waals surface area contributed by atoms with Crippen LogP contribution in [0.2, 0.25) is 0 Å². The molecule has 1 aliphatic carbocycles. The van der Waals surface area contributed by atoms with Crippen molar-refractivity contribution in [3.63, 3.8) is 0 Å². The number of aromatic hydroxyl groups is 1. The molecule has 0 amide bonds. The summed E-state index contributed by atoms with van der Waals surface area (Å²) in [6, 6.07) is 4.65. The molecule has 0 fully saturated rings. The summed E-state index contributed by atoms with van der Waals surface area (Å²) < 4.78 is 13.3. The highest BCUT2D eigenvalue weighted by atomic mass is 19.1. The molecular weight excluding hydrogens is 199 g/mol. The number of rotatable bonds is 2. The Hall–Kier alpha value is -1.58. The Labute approximate surface area is 86.2 Å². The van der Waals surface area contributed by atoms with Crippen molar-refractivity contribution in [2.24, 2.45) is 0 Å². The third-order valence-corrected chi connectivity index (χ3v) is 2.84. The molecule has 0 heterocycles. The van der Waals surface area contributed by atoms with Gasteiger partial charge in [-0.05, 0) is 36.1 Å². The number of carboxylic acids is 1. The van der Waals surface area contributed by atoms with Crippen LogP contribution >= 0.6 is 0 Å². The molecule has 15 heavy (non-hydrogen) atoms. The van der Waals surface area contributed by atoms with Gasteiger partial charge in [0.2, 0.25) is 6.17 Å². The van der Waals surface area contributed by atoms with Crippen LogP contribution in [0, 0.1) is 0 Å². The van der Waals surface area contributed by atoms with Gasteiger partial charge in [0.05, 0.1) is 0 Å². The fourth-order valence-corrected chi connectivity index (χ4v) is 2.11. The molecule has 0 spiro atoms. The first-order valence-corrected chi connectivity index (χ1v) is 4.78. The maximum Gasteiger partial charge on any atom is 0.338 e. The lowest BCUT2D eigenvalue weighted by molar-refractivity contribution is -0.143. The third-order valence-electron chi connectivity index (χ3n) is 2.84. The molecule has 0 radical (unpaired) electrons. The van der Waals surface area contributed by atoms with Crippen LogP contribution in [0.3, 0.4) is 0 Å². The predicted octanol–water partition coefficient (Wildman–Crippen LogP) is 1.84. The summed E-state index contributed by atoms with van der Waals surface area (Å²) in [6.07, 6.45) is -0.732. The third kappa shape index (κ3) is 1.67. The first kappa shape index (κ1) is 9.96. The first-order valence-electron chi connectivity index (χ1n) is 4.78. The number of halogens is 1. The molecule has 1 aromatic carbocycles. The van der Waals surface area contributed by atoms with Crippen molar-refractivity contribution in [3.8, 4) is 5.75 Å². The Morgan fingerprint density at radius 1 is 1.53 bits per heavy atom. The summed E-state index contributed by atoms with van der Waals surface area (Å²) in [5.41, 5.74) is 1.56. The average molecular weight is 210 g/mol. The summed E-state index contributed by atoms with van der Waals surface area (Å²) >= 11 is 0. The van der Waals surface area contributed by atoms with Gasteiger partial charge in [-0.2, -0.15) is 0 Å². The van der Waals surface area contributed by atoms with Gasteiger partial charge >= 0.3 is 5.97 Å². The van der Waals surface area contributed by atoms with Crippen LogP contribution in [0.15, 0.2) is 18.2 Å². The van der Waals surface area contributed by atoms with Crippen LogP contribution in [0.25, 0.3) is 0 Å². The highest BCUT2D eigenvalue weighted by Gasteiger charge is 2.34. The van der Waals surface area contributed by atoms with E-state index < -0.39 is 18.1 Å². The number of phenols is 1. The van der Waals surface area contributed by atoms with Crippen molar-refractivity contribution in [3.05, 3.63) is 29.3 Å². The second-order valence-corrected chi connectivity index (χ2v) is 3.77. The number of hydrogen-bond donors (Lipinski definition) is 2. The van der Waals surface area contributed by atoms with E-state index in [1.54, 1.807) is 12.1 Å². The van der Waals surface area contributed by atoms with Crippen molar-refractivity contribution < 1.29 is 19.4 Å².